The number of rotatable bonds is 4. The Balaban J connectivity index is 1.52. The van der Waals surface area contributed by atoms with Gasteiger partial charge in [0.2, 0.25) is 0 Å². The Morgan fingerprint density at radius 2 is 1.78 bits per heavy atom. The number of hydrogen-bond donors (Lipinski definition) is 0. The summed E-state index contributed by atoms with van der Waals surface area (Å²) in [6, 6.07) is 1.67. The average Bonchev–Trinajstić information content (AvgIpc) is 2.67. The van der Waals surface area contributed by atoms with E-state index in [2.05, 4.69) is 13.8 Å². The molecule has 0 aliphatic heterocycles. The van der Waals surface area contributed by atoms with Gasteiger partial charge in [-0.2, -0.15) is 0 Å². The molecule has 1 nitrogen and oxygen atoms in total. The molecule has 27 heavy (non-hydrogen) atoms. The van der Waals surface area contributed by atoms with Crippen LogP contribution in [0.2, 0.25) is 0 Å². The van der Waals surface area contributed by atoms with Crippen LogP contribution in [0.4, 0.5) is 8.78 Å². The lowest BCUT2D eigenvalue weighted by molar-refractivity contribution is -0.00984. The SMILES string of the molecule is CCOC1CCC2CC(c3c(F)cc4c(c3F)CCC(CC)C4)CCC2C1. The minimum Gasteiger partial charge on any atom is -0.378 e. The summed E-state index contributed by atoms with van der Waals surface area (Å²) in [6.45, 7) is 5.03. The first kappa shape index (κ1) is 19.4. The van der Waals surface area contributed by atoms with Crippen molar-refractivity contribution in [3.63, 3.8) is 0 Å². The standard InChI is InChI=1S/C24H34F2O/c1-3-15-5-10-21-19(11-15)14-22(25)23(24(21)26)18-7-6-17-13-20(27-4-2)9-8-16(17)12-18/h14-18,20H,3-13H2,1-2H3. The van der Waals surface area contributed by atoms with Crippen molar-refractivity contribution < 1.29 is 13.5 Å². The fraction of sp³-hybridized carbons (Fsp3) is 0.750. The molecule has 0 heterocycles. The maximum absolute atomic E-state index is 15.4. The van der Waals surface area contributed by atoms with Crippen molar-refractivity contribution >= 4 is 0 Å². The molecular weight excluding hydrogens is 342 g/mol. The van der Waals surface area contributed by atoms with Crippen LogP contribution < -0.4 is 0 Å². The third-order valence-corrected chi connectivity index (χ3v) is 7.71. The molecular formula is C24H34F2O. The number of hydrogen-bond acceptors (Lipinski definition) is 1. The summed E-state index contributed by atoms with van der Waals surface area (Å²) < 4.78 is 36.2. The topological polar surface area (TPSA) is 9.23 Å². The molecule has 3 aliphatic carbocycles. The van der Waals surface area contributed by atoms with Crippen LogP contribution in [0.5, 0.6) is 0 Å². The van der Waals surface area contributed by atoms with Crippen LogP contribution in [-0.2, 0) is 17.6 Å². The smallest absolute Gasteiger partial charge is 0.133 e. The van der Waals surface area contributed by atoms with E-state index in [1.54, 1.807) is 6.07 Å². The maximum Gasteiger partial charge on any atom is 0.133 e. The summed E-state index contributed by atoms with van der Waals surface area (Å²) in [5.74, 6) is 1.45. The molecule has 0 radical (unpaired) electrons. The Morgan fingerprint density at radius 1 is 1.00 bits per heavy atom. The molecule has 0 aromatic heterocycles. The van der Waals surface area contributed by atoms with Gasteiger partial charge in [0, 0.05) is 12.2 Å². The minimum absolute atomic E-state index is 0.0593. The molecule has 2 fully saturated rings. The summed E-state index contributed by atoms with van der Waals surface area (Å²) in [6.07, 6.45) is 10.5. The first-order valence-corrected chi connectivity index (χ1v) is 11.2. The maximum atomic E-state index is 15.4. The fourth-order valence-electron chi connectivity index (χ4n) is 6.16. The van der Waals surface area contributed by atoms with Crippen molar-refractivity contribution in [2.45, 2.75) is 90.1 Å². The highest BCUT2D eigenvalue weighted by Gasteiger charge is 2.38. The number of halogens is 2. The lowest BCUT2D eigenvalue weighted by Gasteiger charge is -2.42. The first-order valence-electron chi connectivity index (χ1n) is 11.2. The minimum atomic E-state index is -0.283. The van der Waals surface area contributed by atoms with Crippen molar-refractivity contribution in [3.8, 4) is 0 Å². The molecule has 5 atom stereocenters. The summed E-state index contributed by atoms with van der Waals surface area (Å²) in [5, 5.41) is 0. The predicted molar refractivity (Wildman–Crippen MR) is 105 cm³/mol. The van der Waals surface area contributed by atoms with Crippen LogP contribution >= 0.6 is 0 Å². The van der Waals surface area contributed by atoms with Crippen molar-refractivity contribution in [2.75, 3.05) is 6.61 Å². The molecule has 0 N–H and O–H groups in total. The van der Waals surface area contributed by atoms with Gasteiger partial charge in [0.1, 0.15) is 11.6 Å². The van der Waals surface area contributed by atoms with Gasteiger partial charge >= 0.3 is 0 Å². The predicted octanol–water partition coefficient (Wildman–Crippen LogP) is 6.57. The molecule has 0 bridgehead atoms. The molecule has 0 saturated heterocycles. The second kappa shape index (κ2) is 8.19. The Hall–Kier alpha value is -0.960. The Labute approximate surface area is 162 Å². The number of fused-ring (bicyclic) bond motifs is 2. The van der Waals surface area contributed by atoms with Gasteiger partial charge < -0.3 is 4.74 Å². The summed E-state index contributed by atoms with van der Waals surface area (Å²) in [4.78, 5) is 0. The molecule has 0 amide bonds. The van der Waals surface area contributed by atoms with E-state index >= 15 is 4.39 Å². The molecule has 3 aliphatic rings. The Kier molecular flexibility index (Phi) is 5.87. The quantitative estimate of drug-likeness (QED) is 0.577. The summed E-state index contributed by atoms with van der Waals surface area (Å²) in [5.41, 5.74) is 2.16. The molecule has 3 heteroatoms. The van der Waals surface area contributed by atoms with Crippen LogP contribution in [0.25, 0.3) is 0 Å². The zero-order valence-electron chi connectivity index (χ0n) is 16.9. The molecule has 5 unspecified atom stereocenters. The van der Waals surface area contributed by atoms with Crippen LogP contribution in [0.15, 0.2) is 6.07 Å². The van der Waals surface area contributed by atoms with Gasteiger partial charge in [-0.15, -0.1) is 0 Å². The third kappa shape index (κ3) is 3.81. The zero-order valence-corrected chi connectivity index (χ0v) is 16.9. The number of benzene rings is 1. The van der Waals surface area contributed by atoms with Crippen LogP contribution in [0.1, 0.15) is 87.8 Å². The van der Waals surface area contributed by atoms with E-state index in [4.69, 9.17) is 4.74 Å². The molecule has 150 valence electrons. The van der Waals surface area contributed by atoms with E-state index in [0.29, 0.717) is 29.4 Å². The average molecular weight is 377 g/mol. The Bertz CT molecular complexity index is 671. The monoisotopic (exact) mass is 376 g/mol. The van der Waals surface area contributed by atoms with E-state index < -0.39 is 0 Å². The fourth-order valence-corrected chi connectivity index (χ4v) is 6.16. The highest BCUT2D eigenvalue weighted by Crippen LogP contribution is 2.48. The van der Waals surface area contributed by atoms with Crippen LogP contribution in [-0.4, -0.2) is 12.7 Å². The summed E-state index contributed by atoms with van der Waals surface area (Å²) in [7, 11) is 0. The van der Waals surface area contributed by atoms with Crippen molar-refractivity contribution in [1.29, 1.82) is 0 Å². The summed E-state index contributed by atoms with van der Waals surface area (Å²) >= 11 is 0. The highest BCUT2D eigenvalue weighted by molar-refractivity contribution is 5.39. The largest absolute Gasteiger partial charge is 0.378 e. The second-order valence-corrected chi connectivity index (χ2v) is 9.16. The molecule has 1 aromatic rings. The van der Waals surface area contributed by atoms with Gasteiger partial charge in [-0.1, -0.05) is 13.3 Å². The Morgan fingerprint density at radius 3 is 2.56 bits per heavy atom. The normalized spacial score (nSPS) is 33.4. The van der Waals surface area contributed by atoms with Gasteiger partial charge in [-0.3, -0.25) is 0 Å². The van der Waals surface area contributed by atoms with Gasteiger partial charge in [-0.05, 0) is 106 Å². The van der Waals surface area contributed by atoms with Crippen LogP contribution in [0.3, 0.4) is 0 Å². The zero-order chi connectivity index (χ0) is 19.0. The molecule has 1 aromatic carbocycles. The third-order valence-electron chi connectivity index (χ3n) is 7.71. The van der Waals surface area contributed by atoms with Gasteiger partial charge in [-0.25, -0.2) is 8.78 Å². The van der Waals surface area contributed by atoms with Crippen molar-refractivity contribution in [1.82, 2.24) is 0 Å². The second-order valence-electron chi connectivity index (χ2n) is 9.16. The molecule has 0 spiro atoms. The lowest BCUT2D eigenvalue weighted by atomic mass is 9.65. The van der Waals surface area contributed by atoms with E-state index in [-0.39, 0.29) is 17.6 Å². The number of ether oxygens (including phenoxy) is 1. The van der Waals surface area contributed by atoms with E-state index in [9.17, 15) is 4.39 Å². The van der Waals surface area contributed by atoms with E-state index in [1.165, 1.54) is 0 Å². The van der Waals surface area contributed by atoms with E-state index in [0.717, 1.165) is 81.9 Å². The lowest BCUT2D eigenvalue weighted by Crippen LogP contribution is -2.34. The van der Waals surface area contributed by atoms with Crippen LogP contribution in [0, 0.1) is 29.4 Å². The molecule has 4 rings (SSSR count). The van der Waals surface area contributed by atoms with Crippen molar-refractivity contribution in [2.24, 2.45) is 17.8 Å². The van der Waals surface area contributed by atoms with E-state index in [1.807, 2.05) is 0 Å². The van der Waals surface area contributed by atoms with Gasteiger partial charge in [0.15, 0.2) is 0 Å². The first-order chi connectivity index (χ1) is 13.1. The van der Waals surface area contributed by atoms with Crippen molar-refractivity contribution in [3.05, 3.63) is 34.4 Å². The molecule has 2 saturated carbocycles. The van der Waals surface area contributed by atoms with Gasteiger partial charge in [0.05, 0.1) is 6.10 Å². The van der Waals surface area contributed by atoms with Gasteiger partial charge in [0.25, 0.3) is 0 Å². The highest BCUT2D eigenvalue weighted by atomic mass is 19.1.